The van der Waals surface area contributed by atoms with Gasteiger partial charge in [0.15, 0.2) is 16.4 Å². The van der Waals surface area contributed by atoms with Crippen LogP contribution in [0.1, 0.15) is 72.0 Å². The topological polar surface area (TPSA) is 129 Å². The van der Waals surface area contributed by atoms with Gasteiger partial charge in [0.1, 0.15) is 23.1 Å². The quantitative estimate of drug-likeness (QED) is 0.0376. The molecule has 1 aliphatic heterocycles. The van der Waals surface area contributed by atoms with E-state index in [0.29, 0.717) is 56.0 Å². The molecule has 62 heavy (non-hydrogen) atoms. The minimum atomic E-state index is -4.89. The van der Waals surface area contributed by atoms with Crippen molar-refractivity contribution in [2.45, 2.75) is 68.9 Å². The van der Waals surface area contributed by atoms with Crippen LogP contribution in [0.5, 0.6) is 0 Å². The fraction of sp³-hybridized carbons (Fsp3) is 0.239. The molecule has 1 spiro atoms. The number of thiocarbonyl (C=S) groups is 1. The van der Waals surface area contributed by atoms with Crippen LogP contribution in [0.15, 0.2) is 128 Å². The molecule has 2 aliphatic rings. The molecule has 0 radical (unpaired) electrons. The second-order valence-electron chi connectivity index (χ2n) is 15.1. The van der Waals surface area contributed by atoms with E-state index >= 15 is 4.39 Å². The highest BCUT2D eigenvalue weighted by Crippen LogP contribution is 2.47. The highest BCUT2D eigenvalue weighted by Gasteiger charge is 2.59. The smallest absolute Gasteiger partial charge is 0.329 e. The van der Waals surface area contributed by atoms with Gasteiger partial charge in [-0.15, -0.1) is 5.10 Å². The number of amides is 2. The SMILES string of the molecule is N#Cc1ncc(N2C(=O)C3(CCC3)N(Cc3ccc(-c4cn(CCCCC(=O)NOC(c5ccccc5)(c5ccccc5)c5ccccc5)nn4)cc3F)C2=S)cc1C(F)(F)F. The van der Waals surface area contributed by atoms with E-state index in [9.17, 15) is 28.0 Å². The Morgan fingerprint density at radius 1 is 0.903 bits per heavy atom. The number of pyridine rings is 1. The van der Waals surface area contributed by atoms with Gasteiger partial charge in [0.25, 0.3) is 5.91 Å². The average molecular weight is 859 g/mol. The van der Waals surface area contributed by atoms with Crippen molar-refractivity contribution in [1.29, 1.82) is 5.26 Å². The zero-order valence-electron chi connectivity index (χ0n) is 33.1. The lowest BCUT2D eigenvalue weighted by Gasteiger charge is -2.43. The molecule has 1 saturated heterocycles. The minimum Gasteiger partial charge on any atom is -0.329 e. The summed E-state index contributed by atoms with van der Waals surface area (Å²) in [5, 5.41) is 17.5. The number of hydroxylamine groups is 1. The summed E-state index contributed by atoms with van der Waals surface area (Å²) < 4.78 is 58.7. The fourth-order valence-corrected chi connectivity index (χ4v) is 8.45. The summed E-state index contributed by atoms with van der Waals surface area (Å²) in [7, 11) is 0. The Balaban J connectivity index is 0.891. The van der Waals surface area contributed by atoms with Gasteiger partial charge in [-0.1, -0.05) is 108 Å². The molecule has 16 heteroatoms. The number of aromatic nitrogens is 4. The number of halogens is 4. The predicted molar refractivity (Wildman–Crippen MR) is 224 cm³/mol. The summed E-state index contributed by atoms with van der Waals surface area (Å²) in [6.07, 6.45) is 0.555. The molecule has 2 amide bonds. The van der Waals surface area contributed by atoms with Crippen molar-refractivity contribution in [3.63, 3.8) is 0 Å². The van der Waals surface area contributed by atoms with Gasteiger partial charge in [0.2, 0.25) is 5.91 Å². The lowest BCUT2D eigenvalue weighted by Crippen LogP contribution is -2.54. The molecule has 314 valence electrons. The van der Waals surface area contributed by atoms with Crippen molar-refractivity contribution in [3.8, 4) is 17.3 Å². The van der Waals surface area contributed by atoms with Crippen LogP contribution in [0.25, 0.3) is 11.3 Å². The Morgan fingerprint density at radius 3 is 2.08 bits per heavy atom. The van der Waals surface area contributed by atoms with Crippen molar-refractivity contribution >= 4 is 34.8 Å². The summed E-state index contributed by atoms with van der Waals surface area (Å²) in [5.41, 5.74) is 1.80. The number of nitrogens with one attached hydrogen (secondary N) is 1. The molecule has 3 heterocycles. The van der Waals surface area contributed by atoms with Gasteiger partial charge in [0.05, 0.1) is 23.6 Å². The lowest BCUT2D eigenvalue weighted by atomic mass is 9.75. The number of rotatable bonds is 14. The Labute approximate surface area is 359 Å². The minimum absolute atomic E-state index is 0.0783. The molecule has 11 nitrogen and oxygen atoms in total. The van der Waals surface area contributed by atoms with Crippen LogP contribution in [-0.2, 0) is 39.3 Å². The van der Waals surface area contributed by atoms with Crippen molar-refractivity contribution < 1.29 is 32.0 Å². The molecule has 0 bridgehead atoms. The monoisotopic (exact) mass is 858 g/mol. The average Bonchev–Trinajstić information content (AvgIpc) is 3.83. The van der Waals surface area contributed by atoms with Crippen LogP contribution in [0.2, 0.25) is 0 Å². The second-order valence-corrected chi connectivity index (χ2v) is 15.5. The first kappa shape index (κ1) is 41.9. The number of aryl methyl sites for hydroxylation is 1. The Hall–Kier alpha value is -6.83. The molecule has 0 atom stereocenters. The van der Waals surface area contributed by atoms with Crippen LogP contribution in [0, 0.1) is 17.1 Å². The Morgan fingerprint density at radius 2 is 1.53 bits per heavy atom. The number of hydrogen-bond donors (Lipinski definition) is 1. The first-order valence-corrected chi connectivity index (χ1v) is 20.3. The van der Waals surface area contributed by atoms with Gasteiger partial charge < -0.3 is 4.90 Å². The van der Waals surface area contributed by atoms with Crippen LogP contribution in [-0.4, -0.2) is 47.3 Å². The van der Waals surface area contributed by atoms with Crippen molar-refractivity contribution in [1.82, 2.24) is 30.4 Å². The Kier molecular flexibility index (Phi) is 11.7. The van der Waals surface area contributed by atoms with Crippen LogP contribution in [0.3, 0.4) is 0 Å². The van der Waals surface area contributed by atoms with Crippen LogP contribution < -0.4 is 10.4 Å². The van der Waals surface area contributed by atoms with Gasteiger partial charge in [-0.05, 0) is 73.1 Å². The first-order chi connectivity index (χ1) is 29.9. The van der Waals surface area contributed by atoms with Gasteiger partial charge in [-0.2, -0.15) is 18.4 Å². The third-order valence-electron chi connectivity index (χ3n) is 11.4. The number of nitriles is 1. The van der Waals surface area contributed by atoms with Crippen molar-refractivity contribution in [2.24, 2.45) is 0 Å². The summed E-state index contributed by atoms with van der Waals surface area (Å²) in [4.78, 5) is 39.6. The second kappa shape index (κ2) is 17.3. The molecule has 1 aliphatic carbocycles. The highest BCUT2D eigenvalue weighted by molar-refractivity contribution is 7.80. The number of nitrogens with zero attached hydrogens (tertiary/aromatic N) is 7. The first-order valence-electron chi connectivity index (χ1n) is 19.9. The van der Waals surface area contributed by atoms with E-state index < -0.39 is 40.3 Å². The van der Waals surface area contributed by atoms with Crippen molar-refractivity contribution in [2.75, 3.05) is 4.90 Å². The van der Waals surface area contributed by atoms with Gasteiger partial charge in [0, 0.05) is 30.6 Å². The Bertz CT molecular complexity index is 2560. The van der Waals surface area contributed by atoms with E-state index in [0.717, 1.165) is 27.8 Å². The number of hydrogen-bond acceptors (Lipinski definition) is 8. The fourth-order valence-electron chi connectivity index (χ4n) is 8.02. The zero-order chi connectivity index (χ0) is 43.5. The summed E-state index contributed by atoms with van der Waals surface area (Å²) in [6.45, 7) is 0.335. The predicted octanol–water partition coefficient (Wildman–Crippen LogP) is 8.64. The van der Waals surface area contributed by atoms with Gasteiger partial charge >= 0.3 is 6.18 Å². The third-order valence-corrected chi connectivity index (χ3v) is 11.8. The largest absolute Gasteiger partial charge is 0.419 e. The number of alkyl halides is 3. The molecule has 2 fully saturated rings. The zero-order valence-corrected chi connectivity index (χ0v) is 33.9. The highest BCUT2D eigenvalue weighted by atomic mass is 32.1. The number of carbonyl (C=O) groups is 2. The van der Waals surface area contributed by atoms with Crippen LogP contribution in [0.4, 0.5) is 23.2 Å². The maximum atomic E-state index is 15.8. The molecular weight excluding hydrogens is 821 g/mol. The molecule has 2 aromatic heterocycles. The van der Waals surface area contributed by atoms with Crippen LogP contribution >= 0.6 is 12.2 Å². The molecule has 1 N–H and O–H groups in total. The standard InChI is InChI=1S/C46H38F4N8O3S/c47-38-25-31(20-21-32(38)29-57-43(62)58(42(60)44(57)22-12-23-44)36-26-37(46(48,49)50)39(27-51)52-28-36)40-30-56(55-53-40)24-11-10-19-41(59)54-61-45(33-13-4-1-5-14-33,34-15-6-2-7-16-34)35-17-8-3-9-18-35/h1-9,13-18,20-21,25-26,28,30H,10-12,19,22-24,29H2,(H,54,59). The molecular formula is C46H38F4N8O3S. The van der Waals surface area contributed by atoms with E-state index in [4.69, 9.17) is 17.1 Å². The summed E-state index contributed by atoms with van der Waals surface area (Å²) in [6, 6.07) is 35.8. The van der Waals surface area contributed by atoms with E-state index in [1.807, 2.05) is 91.0 Å². The van der Waals surface area contributed by atoms with Gasteiger partial charge in [-0.25, -0.2) is 14.9 Å². The number of unbranched alkanes of at least 4 members (excludes halogenated alkanes) is 1. The van der Waals surface area contributed by atoms with E-state index in [-0.39, 0.29) is 35.2 Å². The lowest BCUT2D eigenvalue weighted by molar-refractivity contribution is -0.143. The third kappa shape index (κ3) is 7.92. The summed E-state index contributed by atoms with van der Waals surface area (Å²) in [5.74, 6) is -1.40. The molecule has 0 unspecified atom stereocenters. The maximum Gasteiger partial charge on any atom is 0.419 e. The number of anilines is 1. The maximum absolute atomic E-state index is 15.8. The number of benzene rings is 4. The number of carbonyl (C=O) groups excluding carboxylic acids is 2. The van der Waals surface area contributed by atoms with Gasteiger partial charge in [-0.3, -0.25) is 24.0 Å². The van der Waals surface area contributed by atoms with Crippen molar-refractivity contribution in [3.05, 3.63) is 167 Å². The van der Waals surface area contributed by atoms with E-state index in [1.54, 1.807) is 27.9 Å². The molecule has 8 rings (SSSR count). The van der Waals surface area contributed by atoms with E-state index in [2.05, 4.69) is 20.8 Å². The molecule has 6 aromatic rings. The molecule has 1 saturated carbocycles. The molecule has 4 aromatic carbocycles. The normalized spacial score (nSPS) is 14.8. The van der Waals surface area contributed by atoms with E-state index in [1.165, 1.54) is 12.1 Å². The summed E-state index contributed by atoms with van der Waals surface area (Å²) >= 11 is 5.64.